The molecule has 1 fully saturated rings. The highest BCUT2D eigenvalue weighted by molar-refractivity contribution is 6.42. The predicted octanol–water partition coefficient (Wildman–Crippen LogP) is 5.57. The Hall–Kier alpha value is -0.240. The molecule has 1 aromatic rings. The molecule has 0 amide bonds. The van der Waals surface area contributed by atoms with Gasteiger partial charge in [0.25, 0.3) is 0 Å². The molecule has 1 aliphatic rings. The van der Waals surface area contributed by atoms with Crippen LogP contribution in [0.25, 0.3) is 0 Å². The maximum absolute atomic E-state index is 6.37. The molecule has 3 atom stereocenters. The van der Waals surface area contributed by atoms with Crippen LogP contribution in [0.3, 0.4) is 0 Å². The summed E-state index contributed by atoms with van der Waals surface area (Å²) in [6, 6.07) is 5.94. The van der Waals surface area contributed by atoms with Crippen molar-refractivity contribution >= 4 is 23.2 Å². The second-order valence-electron chi connectivity index (χ2n) is 7.55. The van der Waals surface area contributed by atoms with Crippen LogP contribution in [0.1, 0.15) is 45.6 Å². The van der Waals surface area contributed by atoms with Crippen LogP contribution in [0.4, 0.5) is 0 Å². The van der Waals surface area contributed by atoms with Gasteiger partial charge in [-0.2, -0.15) is 0 Å². The molecule has 0 bridgehead atoms. The Bertz CT molecular complexity index is 479. The third-order valence-corrected chi connectivity index (χ3v) is 6.04. The zero-order chi connectivity index (χ0) is 15.6. The lowest BCUT2D eigenvalue weighted by Crippen LogP contribution is -2.36. The highest BCUT2D eigenvalue weighted by Crippen LogP contribution is 2.44. The lowest BCUT2D eigenvalue weighted by Gasteiger charge is -2.42. The van der Waals surface area contributed by atoms with Crippen LogP contribution in [-0.2, 0) is 6.42 Å². The minimum atomic E-state index is 0.371. The molecule has 2 rings (SSSR count). The highest BCUT2D eigenvalue weighted by atomic mass is 35.5. The van der Waals surface area contributed by atoms with Crippen LogP contribution in [0, 0.1) is 23.2 Å². The van der Waals surface area contributed by atoms with Gasteiger partial charge >= 0.3 is 0 Å². The summed E-state index contributed by atoms with van der Waals surface area (Å²) < 4.78 is 0. The van der Waals surface area contributed by atoms with Gasteiger partial charge in [-0.15, -0.1) is 0 Å². The summed E-state index contributed by atoms with van der Waals surface area (Å²) in [5, 5.41) is 1.37. The summed E-state index contributed by atoms with van der Waals surface area (Å²) in [4.78, 5) is 0. The van der Waals surface area contributed by atoms with E-state index < -0.39 is 0 Å². The number of halogens is 2. The molecule has 1 aliphatic carbocycles. The van der Waals surface area contributed by atoms with Crippen LogP contribution in [0.15, 0.2) is 18.2 Å². The van der Waals surface area contributed by atoms with E-state index in [4.69, 9.17) is 28.9 Å². The molecule has 1 nitrogen and oxygen atoms in total. The van der Waals surface area contributed by atoms with Crippen molar-refractivity contribution < 1.29 is 0 Å². The van der Waals surface area contributed by atoms with Crippen molar-refractivity contribution in [2.45, 2.75) is 46.5 Å². The van der Waals surface area contributed by atoms with E-state index in [0.29, 0.717) is 27.3 Å². The van der Waals surface area contributed by atoms with E-state index in [1.807, 2.05) is 12.1 Å². The van der Waals surface area contributed by atoms with E-state index in [9.17, 15) is 0 Å². The minimum absolute atomic E-state index is 0.371. The van der Waals surface area contributed by atoms with Crippen LogP contribution >= 0.6 is 23.2 Å². The van der Waals surface area contributed by atoms with Gasteiger partial charge < -0.3 is 5.73 Å². The molecule has 3 heteroatoms. The van der Waals surface area contributed by atoms with Crippen molar-refractivity contribution in [3.05, 3.63) is 33.8 Å². The molecule has 1 saturated carbocycles. The number of rotatable bonds is 3. The van der Waals surface area contributed by atoms with E-state index in [-0.39, 0.29) is 0 Å². The third-order valence-electron chi connectivity index (χ3n) is 5.18. The quantitative estimate of drug-likeness (QED) is 0.771. The fraction of sp³-hybridized carbons (Fsp3) is 0.667. The van der Waals surface area contributed by atoms with E-state index in [0.717, 1.165) is 18.9 Å². The van der Waals surface area contributed by atoms with Crippen molar-refractivity contribution in [2.24, 2.45) is 28.9 Å². The van der Waals surface area contributed by atoms with Gasteiger partial charge in [-0.25, -0.2) is 0 Å². The van der Waals surface area contributed by atoms with E-state index in [1.165, 1.54) is 24.8 Å². The second-order valence-corrected chi connectivity index (χ2v) is 8.33. The maximum atomic E-state index is 6.37. The first-order valence-corrected chi connectivity index (χ1v) is 8.71. The van der Waals surface area contributed by atoms with Gasteiger partial charge in [0.2, 0.25) is 0 Å². The smallest absolute Gasteiger partial charge is 0.0624 e. The Kier molecular flexibility index (Phi) is 5.62. The third kappa shape index (κ3) is 4.15. The van der Waals surface area contributed by atoms with Crippen LogP contribution in [0.5, 0.6) is 0 Å². The van der Waals surface area contributed by atoms with Gasteiger partial charge in [0, 0.05) is 0 Å². The largest absolute Gasteiger partial charge is 0.330 e. The molecule has 21 heavy (non-hydrogen) atoms. The zero-order valence-electron chi connectivity index (χ0n) is 13.3. The van der Waals surface area contributed by atoms with Gasteiger partial charge in [-0.3, -0.25) is 0 Å². The number of hydrogen-bond donors (Lipinski definition) is 1. The molecule has 2 N–H and O–H groups in total. The monoisotopic (exact) mass is 327 g/mol. The maximum Gasteiger partial charge on any atom is 0.0624 e. The van der Waals surface area contributed by atoms with Crippen LogP contribution in [0.2, 0.25) is 10.0 Å². The van der Waals surface area contributed by atoms with Crippen molar-refractivity contribution in [1.82, 2.24) is 0 Å². The topological polar surface area (TPSA) is 26.0 Å². The van der Waals surface area contributed by atoms with Crippen LogP contribution < -0.4 is 5.73 Å². The fourth-order valence-electron chi connectivity index (χ4n) is 3.66. The average Bonchev–Trinajstić information content (AvgIpc) is 2.43. The first-order valence-electron chi connectivity index (χ1n) is 7.96. The Morgan fingerprint density at radius 2 is 1.86 bits per heavy atom. The molecule has 3 unspecified atom stereocenters. The summed E-state index contributed by atoms with van der Waals surface area (Å²) in [6.07, 6.45) is 4.77. The number of nitrogens with two attached hydrogens (primary N) is 1. The summed E-state index contributed by atoms with van der Waals surface area (Å²) in [5.74, 6) is 1.99. The summed E-state index contributed by atoms with van der Waals surface area (Å²) in [5.41, 5.74) is 7.55. The summed E-state index contributed by atoms with van der Waals surface area (Å²) >= 11 is 12.5. The molecule has 0 heterocycles. The molecule has 1 aromatic carbocycles. The van der Waals surface area contributed by atoms with Gasteiger partial charge in [0.05, 0.1) is 10.0 Å². The lowest BCUT2D eigenvalue weighted by molar-refractivity contribution is 0.101. The molecule has 0 radical (unpaired) electrons. The highest BCUT2D eigenvalue weighted by Gasteiger charge is 2.35. The first kappa shape index (κ1) is 17.1. The van der Waals surface area contributed by atoms with E-state index >= 15 is 0 Å². The number of hydrogen-bond acceptors (Lipinski definition) is 1. The zero-order valence-corrected chi connectivity index (χ0v) is 14.8. The lowest BCUT2D eigenvalue weighted by atomic mass is 9.64. The minimum Gasteiger partial charge on any atom is -0.330 e. The molecule has 0 aliphatic heterocycles. The summed E-state index contributed by atoms with van der Waals surface area (Å²) in [7, 11) is 0. The van der Waals surface area contributed by atoms with Crippen LogP contribution in [-0.4, -0.2) is 6.54 Å². The van der Waals surface area contributed by atoms with Gasteiger partial charge in [-0.05, 0) is 67.0 Å². The molecular formula is C18H27Cl2N. The molecular weight excluding hydrogens is 301 g/mol. The SMILES string of the molecule is CC(C)(C)C1CCC(CN)C(Cc2cccc(Cl)c2Cl)C1. The van der Waals surface area contributed by atoms with Gasteiger partial charge in [-0.1, -0.05) is 56.1 Å². The second kappa shape index (κ2) is 6.89. The molecule has 118 valence electrons. The van der Waals surface area contributed by atoms with Crippen molar-refractivity contribution in [3.8, 4) is 0 Å². The first-order chi connectivity index (χ1) is 9.82. The normalized spacial score (nSPS) is 26.9. The Labute approximate surface area is 139 Å². The number of benzene rings is 1. The average molecular weight is 328 g/mol. The van der Waals surface area contributed by atoms with Crippen molar-refractivity contribution in [3.63, 3.8) is 0 Å². The van der Waals surface area contributed by atoms with E-state index in [1.54, 1.807) is 0 Å². The standard InChI is InChI=1S/C18H27Cl2N/c1-18(2,3)15-8-7-13(11-21)14(10-15)9-12-5-4-6-16(19)17(12)20/h4-6,13-15H,7-11,21H2,1-3H3. The molecule has 0 spiro atoms. The Morgan fingerprint density at radius 1 is 1.14 bits per heavy atom. The Morgan fingerprint density at radius 3 is 2.48 bits per heavy atom. The molecule has 0 aromatic heterocycles. The fourth-order valence-corrected chi connectivity index (χ4v) is 4.06. The van der Waals surface area contributed by atoms with E-state index in [2.05, 4.69) is 26.8 Å². The summed E-state index contributed by atoms with van der Waals surface area (Å²) in [6.45, 7) is 7.83. The molecule has 0 saturated heterocycles. The van der Waals surface area contributed by atoms with Gasteiger partial charge in [0.15, 0.2) is 0 Å². The van der Waals surface area contributed by atoms with Crippen molar-refractivity contribution in [1.29, 1.82) is 0 Å². The Balaban J connectivity index is 2.16. The van der Waals surface area contributed by atoms with Crippen molar-refractivity contribution in [2.75, 3.05) is 6.54 Å². The predicted molar refractivity (Wildman–Crippen MR) is 93.0 cm³/mol. The van der Waals surface area contributed by atoms with Gasteiger partial charge in [0.1, 0.15) is 0 Å².